The van der Waals surface area contributed by atoms with Crippen molar-refractivity contribution in [2.45, 2.75) is 84.9 Å². The number of alkyl carbamates (subject to hydrolysis) is 1. The van der Waals surface area contributed by atoms with Gasteiger partial charge in [-0.2, -0.15) is 0 Å². The van der Waals surface area contributed by atoms with Gasteiger partial charge in [-0.3, -0.25) is 4.79 Å². The summed E-state index contributed by atoms with van der Waals surface area (Å²) in [5.41, 5.74) is -0.630. The number of amides is 2. The summed E-state index contributed by atoms with van der Waals surface area (Å²) in [6.45, 7) is 11.2. The van der Waals surface area contributed by atoms with Crippen molar-refractivity contribution in [2.75, 3.05) is 0 Å². The molecule has 0 rings (SSSR count). The van der Waals surface area contributed by atoms with E-state index in [1.54, 1.807) is 20.8 Å². The average molecular weight is 328 g/mol. The Balaban J connectivity index is 4.77. The predicted molar refractivity (Wildman–Crippen MR) is 90.1 cm³/mol. The molecule has 0 unspecified atom stereocenters. The van der Waals surface area contributed by atoms with Crippen LogP contribution in [0.15, 0.2) is 0 Å². The van der Waals surface area contributed by atoms with E-state index in [1.165, 1.54) is 0 Å². The lowest BCUT2D eigenvalue weighted by Gasteiger charge is -2.25. The summed E-state index contributed by atoms with van der Waals surface area (Å²) in [6.07, 6.45) is 3.00. The van der Waals surface area contributed by atoms with E-state index in [4.69, 9.17) is 4.74 Å². The second kappa shape index (κ2) is 10.2. The highest BCUT2D eigenvalue weighted by Crippen LogP contribution is 2.10. The number of ether oxygens (including phenoxy) is 1. The first kappa shape index (κ1) is 21.4. The van der Waals surface area contributed by atoms with E-state index in [0.717, 1.165) is 19.1 Å². The van der Waals surface area contributed by atoms with Crippen molar-refractivity contribution in [3.05, 3.63) is 0 Å². The number of nitrogens with one attached hydrogen (secondary N) is 2. The number of hydrogen-bond donors (Lipinski definition) is 2. The molecule has 0 aromatic heterocycles. The molecule has 0 saturated heterocycles. The van der Waals surface area contributed by atoms with E-state index in [1.807, 2.05) is 20.8 Å². The van der Waals surface area contributed by atoms with Crippen LogP contribution in [0, 0.1) is 5.92 Å². The van der Waals surface area contributed by atoms with E-state index >= 15 is 0 Å². The monoisotopic (exact) mass is 328 g/mol. The minimum Gasteiger partial charge on any atom is -0.444 e. The Morgan fingerprint density at radius 1 is 1.17 bits per heavy atom. The van der Waals surface area contributed by atoms with Crippen LogP contribution in [0.3, 0.4) is 0 Å². The Kier molecular flexibility index (Phi) is 9.53. The average Bonchev–Trinajstić information content (AvgIpc) is 2.39. The quantitative estimate of drug-likeness (QED) is 0.637. The van der Waals surface area contributed by atoms with Crippen molar-refractivity contribution < 1.29 is 19.1 Å². The zero-order valence-electron chi connectivity index (χ0n) is 15.3. The van der Waals surface area contributed by atoms with Crippen LogP contribution in [0.1, 0.15) is 67.2 Å². The minimum absolute atomic E-state index is 0.214. The van der Waals surface area contributed by atoms with Crippen LogP contribution >= 0.6 is 0 Å². The summed E-state index contributed by atoms with van der Waals surface area (Å²) in [6, 6.07) is -1.23. The molecule has 0 heterocycles. The molecule has 0 aliphatic rings. The van der Waals surface area contributed by atoms with Gasteiger partial charge in [-0.1, -0.05) is 33.6 Å². The van der Waals surface area contributed by atoms with Gasteiger partial charge in [0, 0.05) is 0 Å². The normalized spacial score (nSPS) is 14.0. The Bertz CT molecular complexity index is 389. The second-order valence-corrected chi connectivity index (χ2v) is 7.22. The Labute approximate surface area is 139 Å². The molecule has 0 radical (unpaired) electrons. The Hall–Kier alpha value is -1.59. The summed E-state index contributed by atoms with van der Waals surface area (Å²) >= 11 is 0. The topological polar surface area (TPSA) is 84.5 Å². The predicted octanol–water partition coefficient (Wildman–Crippen LogP) is 2.80. The van der Waals surface area contributed by atoms with E-state index in [0.29, 0.717) is 12.8 Å². The van der Waals surface area contributed by atoms with E-state index in [-0.39, 0.29) is 11.8 Å². The SMILES string of the molecule is CCCC[C@@H](C=O)NC(=O)[C@H](CC(C)C)NC(=O)OC(C)(C)C. The van der Waals surface area contributed by atoms with Gasteiger partial charge in [0.25, 0.3) is 0 Å². The lowest BCUT2D eigenvalue weighted by Crippen LogP contribution is -2.51. The fourth-order valence-electron chi connectivity index (χ4n) is 2.03. The molecule has 0 saturated carbocycles. The first-order chi connectivity index (χ1) is 10.6. The fraction of sp³-hybridized carbons (Fsp3) is 0.824. The number of unbranched alkanes of at least 4 members (excludes halogenated alkanes) is 1. The molecule has 0 aliphatic carbocycles. The van der Waals surface area contributed by atoms with Crippen LogP contribution in [0.2, 0.25) is 0 Å². The molecule has 2 atom stereocenters. The van der Waals surface area contributed by atoms with Crippen LogP contribution in [0.25, 0.3) is 0 Å². The van der Waals surface area contributed by atoms with Gasteiger partial charge in [0.1, 0.15) is 17.9 Å². The Morgan fingerprint density at radius 3 is 2.22 bits per heavy atom. The molecule has 0 bridgehead atoms. The second-order valence-electron chi connectivity index (χ2n) is 7.22. The van der Waals surface area contributed by atoms with E-state index in [2.05, 4.69) is 10.6 Å². The summed E-state index contributed by atoms with van der Waals surface area (Å²) in [5.74, 6) is -0.135. The number of rotatable bonds is 9. The number of carbonyl (C=O) groups is 3. The van der Waals surface area contributed by atoms with Crippen molar-refractivity contribution in [1.29, 1.82) is 0 Å². The van der Waals surface area contributed by atoms with Gasteiger partial charge < -0.3 is 20.2 Å². The third-order valence-electron chi connectivity index (χ3n) is 3.08. The van der Waals surface area contributed by atoms with Gasteiger partial charge in [-0.25, -0.2) is 4.79 Å². The van der Waals surface area contributed by atoms with Crippen molar-refractivity contribution in [3.63, 3.8) is 0 Å². The van der Waals surface area contributed by atoms with Gasteiger partial charge in [0.2, 0.25) is 5.91 Å². The van der Waals surface area contributed by atoms with Crippen LogP contribution in [0.4, 0.5) is 4.79 Å². The zero-order chi connectivity index (χ0) is 18.0. The molecule has 6 nitrogen and oxygen atoms in total. The van der Waals surface area contributed by atoms with Gasteiger partial charge in [0.15, 0.2) is 0 Å². The number of hydrogen-bond acceptors (Lipinski definition) is 4. The lowest BCUT2D eigenvalue weighted by atomic mass is 10.0. The molecule has 2 N–H and O–H groups in total. The maximum atomic E-state index is 12.4. The first-order valence-corrected chi connectivity index (χ1v) is 8.34. The van der Waals surface area contributed by atoms with Gasteiger partial charge in [-0.05, 0) is 39.5 Å². The van der Waals surface area contributed by atoms with Crippen molar-refractivity contribution in [1.82, 2.24) is 10.6 Å². The van der Waals surface area contributed by atoms with Crippen molar-refractivity contribution in [3.8, 4) is 0 Å². The van der Waals surface area contributed by atoms with Crippen LogP contribution in [0.5, 0.6) is 0 Å². The Morgan fingerprint density at radius 2 is 1.78 bits per heavy atom. The maximum Gasteiger partial charge on any atom is 0.408 e. The zero-order valence-corrected chi connectivity index (χ0v) is 15.3. The molecule has 0 fully saturated rings. The highest BCUT2D eigenvalue weighted by molar-refractivity contribution is 5.87. The lowest BCUT2D eigenvalue weighted by molar-refractivity contribution is -0.126. The van der Waals surface area contributed by atoms with E-state index < -0.39 is 23.8 Å². The largest absolute Gasteiger partial charge is 0.444 e. The molecular weight excluding hydrogens is 296 g/mol. The molecule has 2 amide bonds. The van der Waals surface area contributed by atoms with Crippen molar-refractivity contribution in [2.24, 2.45) is 5.92 Å². The van der Waals surface area contributed by atoms with E-state index in [9.17, 15) is 14.4 Å². The number of carbonyl (C=O) groups excluding carboxylic acids is 3. The molecule has 6 heteroatoms. The highest BCUT2D eigenvalue weighted by Gasteiger charge is 2.26. The maximum absolute atomic E-state index is 12.4. The van der Waals surface area contributed by atoms with Crippen LogP contribution < -0.4 is 10.6 Å². The summed E-state index contributed by atoms with van der Waals surface area (Å²) in [7, 11) is 0. The molecule has 134 valence electrons. The molecule has 0 aliphatic heterocycles. The molecule has 23 heavy (non-hydrogen) atoms. The van der Waals surface area contributed by atoms with Gasteiger partial charge in [0.05, 0.1) is 6.04 Å². The molecular formula is C17H32N2O4. The molecule has 0 aromatic carbocycles. The van der Waals surface area contributed by atoms with Crippen LogP contribution in [-0.4, -0.2) is 36.0 Å². The van der Waals surface area contributed by atoms with Gasteiger partial charge >= 0.3 is 6.09 Å². The first-order valence-electron chi connectivity index (χ1n) is 8.34. The van der Waals surface area contributed by atoms with Crippen LogP contribution in [-0.2, 0) is 14.3 Å². The minimum atomic E-state index is -0.714. The van der Waals surface area contributed by atoms with Gasteiger partial charge in [-0.15, -0.1) is 0 Å². The van der Waals surface area contributed by atoms with Crippen molar-refractivity contribution >= 4 is 18.3 Å². The third kappa shape index (κ3) is 10.7. The standard InChI is InChI=1S/C17H32N2O4/c1-7-8-9-13(11-20)18-15(21)14(10-12(2)3)19-16(22)23-17(4,5)6/h11-14H,7-10H2,1-6H3,(H,18,21)(H,19,22)/t13-,14-/m0/s1. The summed E-state index contributed by atoms with van der Waals surface area (Å²) in [5, 5.41) is 5.30. The smallest absolute Gasteiger partial charge is 0.408 e. The fourth-order valence-corrected chi connectivity index (χ4v) is 2.03. The summed E-state index contributed by atoms with van der Waals surface area (Å²) in [4.78, 5) is 35.3. The molecule has 0 aromatic rings. The third-order valence-corrected chi connectivity index (χ3v) is 3.08. The highest BCUT2D eigenvalue weighted by atomic mass is 16.6. The summed E-state index contributed by atoms with van der Waals surface area (Å²) < 4.78 is 5.20. The number of aldehydes is 1. The molecule has 0 spiro atoms.